The first-order valence-corrected chi connectivity index (χ1v) is 8.19. The van der Waals surface area contributed by atoms with Gasteiger partial charge in [-0.05, 0) is 41.7 Å². The van der Waals surface area contributed by atoms with E-state index in [1.165, 1.54) is 0 Å². The zero-order valence-electron chi connectivity index (χ0n) is 13.8. The number of rotatable bonds is 2. The molecular weight excluding hydrogens is 292 g/mol. The van der Waals surface area contributed by atoms with Crippen LogP contribution in [0.1, 0.15) is 38.2 Å². The first-order valence-electron chi connectivity index (χ1n) is 8.19. The van der Waals surface area contributed by atoms with E-state index in [1.807, 2.05) is 55.5 Å². The summed E-state index contributed by atoms with van der Waals surface area (Å²) in [6.45, 7) is 4.11. The van der Waals surface area contributed by atoms with Crippen molar-refractivity contribution in [1.29, 1.82) is 0 Å². The van der Waals surface area contributed by atoms with Gasteiger partial charge in [0, 0.05) is 16.7 Å². The Kier molecular flexibility index (Phi) is 3.42. The normalized spacial score (nSPS) is 13.3. The number of carbonyl (C=O) groups excluding carboxylic acids is 1. The maximum atomic E-state index is 13.3. The summed E-state index contributed by atoms with van der Waals surface area (Å²) < 4.78 is 0. The molecule has 0 atom stereocenters. The van der Waals surface area contributed by atoms with Crippen LogP contribution in [0.4, 0.5) is 0 Å². The molecule has 0 saturated carbocycles. The molecule has 0 spiro atoms. The maximum absolute atomic E-state index is 13.3. The van der Waals surface area contributed by atoms with Crippen LogP contribution < -0.4 is 0 Å². The number of aryl methyl sites for hydroxylation is 1. The molecule has 1 nitrogen and oxygen atoms in total. The van der Waals surface area contributed by atoms with Crippen LogP contribution in [0.3, 0.4) is 0 Å². The topological polar surface area (TPSA) is 17.1 Å². The molecule has 3 aromatic carbocycles. The van der Waals surface area contributed by atoms with Crippen LogP contribution in [0.25, 0.3) is 11.1 Å². The van der Waals surface area contributed by atoms with Crippen molar-refractivity contribution in [2.45, 2.75) is 13.8 Å². The molecule has 0 bridgehead atoms. The van der Waals surface area contributed by atoms with Crippen LogP contribution in [0, 0.1) is 13.8 Å². The Morgan fingerprint density at radius 1 is 0.625 bits per heavy atom. The van der Waals surface area contributed by atoms with E-state index in [4.69, 9.17) is 0 Å². The van der Waals surface area contributed by atoms with Gasteiger partial charge in [-0.2, -0.15) is 0 Å². The minimum atomic E-state index is 0.135. The van der Waals surface area contributed by atoms with E-state index in [0.29, 0.717) is 0 Å². The number of benzene rings is 3. The molecule has 0 aromatic heterocycles. The first kappa shape index (κ1) is 14.6. The number of fused-ring (bicyclic) bond motifs is 1. The molecule has 0 aliphatic heterocycles. The van der Waals surface area contributed by atoms with Gasteiger partial charge in [0.25, 0.3) is 0 Å². The number of hydrogen-bond donors (Lipinski definition) is 0. The summed E-state index contributed by atoms with van der Waals surface area (Å²) in [5.74, 6) is 0.135. The monoisotopic (exact) mass is 310 g/mol. The third-order valence-electron chi connectivity index (χ3n) is 4.83. The fourth-order valence-electron chi connectivity index (χ4n) is 3.47. The lowest BCUT2D eigenvalue weighted by Crippen LogP contribution is -2.02. The van der Waals surface area contributed by atoms with E-state index in [9.17, 15) is 4.79 Å². The Bertz CT molecular complexity index is 964. The molecule has 1 heteroatoms. The molecule has 1 aliphatic carbocycles. The van der Waals surface area contributed by atoms with Crippen LogP contribution in [-0.2, 0) is 0 Å². The van der Waals surface area contributed by atoms with Crippen LogP contribution in [0.2, 0.25) is 0 Å². The minimum absolute atomic E-state index is 0.135. The van der Waals surface area contributed by atoms with E-state index in [-0.39, 0.29) is 5.78 Å². The molecule has 0 unspecified atom stereocenters. The van der Waals surface area contributed by atoms with Gasteiger partial charge >= 0.3 is 0 Å². The molecule has 0 saturated heterocycles. The van der Waals surface area contributed by atoms with Crippen molar-refractivity contribution in [3.63, 3.8) is 0 Å². The summed E-state index contributed by atoms with van der Waals surface area (Å²) in [6, 6.07) is 24.4. The highest BCUT2D eigenvalue weighted by atomic mass is 16.1. The van der Waals surface area contributed by atoms with Crippen LogP contribution >= 0.6 is 0 Å². The lowest BCUT2D eigenvalue weighted by Gasteiger charge is -2.09. The van der Waals surface area contributed by atoms with E-state index >= 15 is 0 Å². The summed E-state index contributed by atoms with van der Waals surface area (Å²) in [5.41, 5.74) is 8.07. The highest BCUT2D eigenvalue weighted by molar-refractivity contribution is 6.41. The summed E-state index contributed by atoms with van der Waals surface area (Å²) >= 11 is 0. The highest BCUT2D eigenvalue weighted by Gasteiger charge is 2.32. The van der Waals surface area contributed by atoms with Gasteiger partial charge < -0.3 is 0 Å². The molecule has 24 heavy (non-hydrogen) atoms. The van der Waals surface area contributed by atoms with E-state index < -0.39 is 0 Å². The molecule has 0 amide bonds. The van der Waals surface area contributed by atoms with Crippen molar-refractivity contribution in [3.05, 3.63) is 106 Å². The molecule has 0 heterocycles. The smallest absolute Gasteiger partial charge is 0.195 e. The second kappa shape index (κ2) is 5.61. The maximum Gasteiger partial charge on any atom is 0.195 e. The van der Waals surface area contributed by atoms with Crippen LogP contribution in [0.15, 0.2) is 72.8 Å². The lowest BCUT2D eigenvalue weighted by molar-refractivity contribution is 0.105. The minimum Gasteiger partial charge on any atom is -0.289 e. The number of carbonyl (C=O) groups is 1. The fourth-order valence-corrected chi connectivity index (χ4v) is 3.47. The SMILES string of the molecule is Cc1ccc2c(c1C)C(=O)C(c1ccccc1)=C2c1ccccc1. The van der Waals surface area contributed by atoms with Gasteiger partial charge in [-0.1, -0.05) is 72.8 Å². The van der Waals surface area contributed by atoms with Gasteiger partial charge in [0.05, 0.1) is 0 Å². The molecule has 116 valence electrons. The van der Waals surface area contributed by atoms with Crippen molar-refractivity contribution >= 4 is 16.9 Å². The number of allylic oxidation sites excluding steroid dienone is 1. The third kappa shape index (κ3) is 2.13. The summed E-state index contributed by atoms with van der Waals surface area (Å²) in [7, 11) is 0. The standard InChI is InChI=1S/C23H18O/c1-15-13-14-19-20(16(15)2)23(24)22(18-11-7-4-8-12-18)21(19)17-9-5-3-6-10-17/h3-14H,1-2H3. The van der Waals surface area contributed by atoms with Crippen molar-refractivity contribution in [1.82, 2.24) is 0 Å². The largest absolute Gasteiger partial charge is 0.289 e. The third-order valence-corrected chi connectivity index (χ3v) is 4.83. The van der Waals surface area contributed by atoms with Crippen molar-refractivity contribution < 1.29 is 4.79 Å². The highest BCUT2D eigenvalue weighted by Crippen LogP contribution is 2.43. The van der Waals surface area contributed by atoms with Gasteiger partial charge in [-0.15, -0.1) is 0 Å². The first-order chi connectivity index (χ1) is 11.7. The summed E-state index contributed by atoms with van der Waals surface area (Å²) in [6.07, 6.45) is 0. The quantitative estimate of drug-likeness (QED) is 0.614. The summed E-state index contributed by atoms with van der Waals surface area (Å²) in [5, 5.41) is 0. The van der Waals surface area contributed by atoms with Gasteiger partial charge in [-0.3, -0.25) is 4.79 Å². The predicted molar refractivity (Wildman–Crippen MR) is 99.0 cm³/mol. The average molecular weight is 310 g/mol. The van der Waals surface area contributed by atoms with Gasteiger partial charge in [0.15, 0.2) is 5.78 Å². The Morgan fingerprint density at radius 2 is 1.17 bits per heavy atom. The number of hydrogen-bond acceptors (Lipinski definition) is 1. The molecule has 0 radical (unpaired) electrons. The molecule has 0 fully saturated rings. The second-order valence-corrected chi connectivity index (χ2v) is 6.24. The Morgan fingerprint density at radius 3 is 1.75 bits per heavy atom. The van der Waals surface area contributed by atoms with Gasteiger partial charge in [0.1, 0.15) is 0 Å². The van der Waals surface area contributed by atoms with Gasteiger partial charge in [-0.25, -0.2) is 0 Å². The lowest BCUT2D eigenvalue weighted by atomic mass is 9.93. The Labute approximate surface area is 142 Å². The average Bonchev–Trinajstić information content (AvgIpc) is 2.93. The van der Waals surface area contributed by atoms with Gasteiger partial charge in [0.2, 0.25) is 0 Å². The van der Waals surface area contributed by atoms with Crippen molar-refractivity contribution in [2.24, 2.45) is 0 Å². The van der Waals surface area contributed by atoms with Crippen molar-refractivity contribution in [3.8, 4) is 0 Å². The molecule has 1 aliphatic rings. The Hall–Kier alpha value is -2.93. The van der Waals surface area contributed by atoms with Crippen molar-refractivity contribution in [2.75, 3.05) is 0 Å². The van der Waals surface area contributed by atoms with E-state index in [1.54, 1.807) is 0 Å². The fraction of sp³-hybridized carbons (Fsp3) is 0.0870. The zero-order valence-corrected chi connectivity index (χ0v) is 13.8. The molecule has 3 aromatic rings. The zero-order chi connectivity index (χ0) is 16.7. The van der Waals surface area contributed by atoms with E-state index in [2.05, 4.69) is 31.2 Å². The molecule has 0 N–H and O–H groups in total. The van der Waals surface area contributed by atoms with Crippen LogP contribution in [-0.4, -0.2) is 5.78 Å². The Balaban J connectivity index is 2.07. The molecule has 4 rings (SSSR count). The molecular formula is C23H18O. The van der Waals surface area contributed by atoms with E-state index in [0.717, 1.165) is 44.5 Å². The van der Waals surface area contributed by atoms with Crippen LogP contribution in [0.5, 0.6) is 0 Å². The number of Topliss-reactive ketones (excluding diaryl/α,β-unsaturated/α-hetero) is 1. The summed E-state index contributed by atoms with van der Waals surface area (Å²) in [4.78, 5) is 13.3. The second-order valence-electron chi connectivity index (χ2n) is 6.24. The number of ketones is 1. The predicted octanol–water partition coefficient (Wildman–Crippen LogP) is 5.46.